The van der Waals surface area contributed by atoms with Gasteiger partial charge in [0, 0.05) is 13.1 Å². The van der Waals surface area contributed by atoms with Crippen LogP contribution in [-0.2, 0) is 9.84 Å². The van der Waals surface area contributed by atoms with Crippen LogP contribution in [0.5, 0.6) is 0 Å². The van der Waals surface area contributed by atoms with Gasteiger partial charge in [-0.25, -0.2) is 8.42 Å². The van der Waals surface area contributed by atoms with E-state index in [0.717, 1.165) is 0 Å². The number of halogens is 1. The van der Waals surface area contributed by atoms with E-state index < -0.39 is 9.84 Å². The number of ketones is 1. The van der Waals surface area contributed by atoms with E-state index in [1.54, 1.807) is 12.1 Å². The first-order valence-corrected chi connectivity index (χ1v) is 8.65. The van der Waals surface area contributed by atoms with Gasteiger partial charge in [-0.15, -0.1) is 11.3 Å². The van der Waals surface area contributed by atoms with Crippen molar-refractivity contribution in [2.24, 2.45) is 0 Å². The molecule has 0 bridgehead atoms. The molecule has 1 fully saturated rings. The average molecular weight is 308 g/mol. The lowest BCUT2D eigenvalue weighted by Crippen LogP contribution is -2.47. The Bertz CT molecular complexity index is 538. The second-order valence-electron chi connectivity index (χ2n) is 4.33. The highest BCUT2D eigenvalue weighted by Crippen LogP contribution is 2.24. The maximum absolute atomic E-state index is 12.2. The number of sulfone groups is 1. The van der Waals surface area contributed by atoms with Crippen molar-refractivity contribution in [2.45, 2.75) is 13.0 Å². The predicted octanol–water partition coefficient (Wildman–Crippen LogP) is 1.70. The second kappa shape index (κ2) is 5.28. The summed E-state index contributed by atoms with van der Waals surface area (Å²) in [5.41, 5.74) is 0. The molecule has 0 radical (unpaired) electrons. The molecule has 1 aliphatic heterocycles. The molecule has 0 amide bonds. The van der Waals surface area contributed by atoms with Crippen molar-refractivity contribution >= 4 is 38.6 Å². The fraction of sp³-hybridized carbons (Fsp3) is 0.545. The highest BCUT2D eigenvalue weighted by molar-refractivity contribution is 7.91. The Morgan fingerprint density at radius 1 is 1.39 bits per heavy atom. The zero-order chi connectivity index (χ0) is 13.3. The van der Waals surface area contributed by atoms with Crippen molar-refractivity contribution < 1.29 is 13.2 Å². The van der Waals surface area contributed by atoms with Crippen LogP contribution in [0.2, 0.25) is 4.34 Å². The van der Waals surface area contributed by atoms with Gasteiger partial charge in [-0.05, 0) is 19.1 Å². The van der Waals surface area contributed by atoms with E-state index in [-0.39, 0.29) is 23.3 Å². The van der Waals surface area contributed by atoms with Crippen LogP contribution in [0.1, 0.15) is 16.6 Å². The molecule has 100 valence electrons. The number of nitrogens with zero attached hydrogens (tertiary/aromatic N) is 1. The Morgan fingerprint density at radius 3 is 2.50 bits per heavy atom. The normalized spacial score (nSPS) is 21.7. The van der Waals surface area contributed by atoms with E-state index in [4.69, 9.17) is 11.6 Å². The fourth-order valence-electron chi connectivity index (χ4n) is 1.93. The van der Waals surface area contributed by atoms with Crippen LogP contribution in [0.15, 0.2) is 12.1 Å². The van der Waals surface area contributed by atoms with E-state index >= 15 is 0 Å². The summed E-state index contributed by atoms with van der Waals surface area (Å²) in [6, 6.07) is 3.12. The molecule has 18 heavy (non-hydrogen) atoms. The smallest absolute Gasteiger partial charge is 0.189 e. The van der Waals surface area contributed by atoms with Gasteiger partial charge in [0.15, 0.2) is 15.6 Å². The summed E-state index contributed by atoms with van der Waals surface area (Å²) in [5.74, 6) is 0.275. The number of carbonyl (C=O) groups excluding carboxylic acids is 1. The molecule has 2 rings (SSSR count). The zero-order valence-electron chi connectivity index (χ0n) is 9.93. The number of hydrogen-bond acceptors (Lipinski definition) is 5. The number of thiophene rings is 1. The molecule has 1 unspecified atom stereocenters. The summed E-state index contributed by atoms with van der Waals surface area (Å²) in [6.07, 6.45) is 0. The molecule has 0 N–H and O–H groups in total. The highest BCUT2D eigenvalue weighted by Gasteiger charge is 2.29. The van der Waals surface area contributed by atoms with E-state index in [1.807, 2.05) is 11.8 Å². The summed E-state index contributed by atoms with van der Waals surface area (Å²) in [6.45, 7) is 2.66. The molecule has 4 nitrogen and oxygen atoms in total. The third-order valence-electron chi connectivity index (χ3n) is 3.12. The van der Waals surface area contributed by atoms with Crippen molar-refractivity contribution in [2.75, 3.05) is 24.6 Å². The van der Waals surface area contributed by atoms with Crippen LogP contribution in [-0.4, -0.2) is 49.7 Å². The van der Waals surface area contributed by atoms with Crippen molar-refractivity contribution in [3.05, 3.63) is 21.3 Å². The molecular formula is C11H14ClNO3S2. The van der Waals surface area contributed by atoms with Gasteiger partial charge in [0.05, 0.1) is 26.8 Å². The lowest BCUT2D eigenvalue weighted by atomic mass is 10.1. The Morgan fingerprint density at radius 2 is 2.00 bits per heavy atom. The lowest BCUT2D eigenvalue weighted by molar-refractivity contribution is 0.0853. The van der Waals surface area contributed by atoms with Crippen LogP contribution in [0.25, 0.3) is 0 Å². The highest BCUT2D eigenvalue weighted by atomic mass is 35.5. The van der Waals surface area contributed by atoms with Crippen LogP contribution in [0.3, 0.4) is 0 Å². The lowest BCUT2D eigenvalue weighted by Gasteiger charge is -2.30. The quantitative estimate of drug-likeness (QED) is 0.798. The van der Waals surface area contributed by atoms with E-state index in [0.29, 0.717) is 22.3 Å². The third-order valence-corrected chi connectivity index (χ3v) is 5.98. The van der Waals surface area contributed by atoms with Crippen molar-refractivity contribution in [1.82, 2.24) is 4.90 Å². The van der Waals surface area contributed by atoms with Gasteiger partial charge in [0.2, 0.25) is 0 Å². The molecule has 0 aliphatic carbocycles. The van der Waals surface area contributed by atoms with Crippen LogP contribution in [0.4, 0.5) is 0 Å². The number of carbonyl (C=O) groups is 1. The van der Waals surface area contributed by atoms with E-state index in [1.165, 1.54) is 11.3 Å². The summed E-state index contributed by atoms with van der Waals surface area (Å²) >= 11 is 7.06. The maximum atomic E-state index is 12.2. The zero-order valence-corrected chi connectivity index (χ0v) is 12.3. The minimum Gasteiger partial charge on any atom is -0.291 e. The molecule has 1 aromatic heterocycles. The second-order valence-corrected chi connectivity index (χ2v) is 8.35. The molecule has 0 aromatic carbocycles. The largest absolute Gasteiger partial charge is 0.291 e. The summed E-state index contributed by atoms with van der Waals surface area (Å²) in [7, 11) is -2.91. The molecule has 0 spiro atoms. The minimum atomic E-state index is -2.91. The van der Waals surface area contributed by atoms with Gasteiger partial charge < -0.3 is 0 Å². The molecule has 2 heterocycles. The minimum absolute atomic E-state index is 0.00574. The van der Waals surface area contributed by atoms with Gasteiger partial charge in [-0.3, -0.25) is 9.69 Å². The standard InChI is InChI=1S/C11H14ClNO3S2/c1-8(11(14)9-2-3-10(12)17-9)13-4-6-18(15,16)7-5-13/h2-3,8H,4-7H2,1H3. The first kappa shape index (κ1) is 14.0. The molecule has 1 saturated heterocycles. The van der Waals surface area contributed by atoms with Crippen molar-refractivity contribution in [3.8, 4) is 0 Å². The fourth-order valence-corrected chi connectivity index (χ4v) is 4.23. The average Bonchev–Trinajstić information content (AvgIpc) is 2.74. The van der Waals surface area contributed by atoms with Crippen LogP contribution < -0.4 is 0 Å². The Balaban J connectivity index is 2.04. The molecule has 1 atom stereocenters. The first-order valence-electron chi connectivity index (χ1n) is 5.63. The predicted molar refractivity (Wildman–Crippen MR) is 73.3 cm³/mol. The maximum Gasteiger partial charge on any atom is 0.189 e. The number of rotatable bonds is 3. The number of Topliss-reactive ketones (excluding diaryl/α,β-unsaturated/α-hetero) is 1. The summed E-state index contributed by atoms with van der Waals surface area (Å²) in [5, 5.41) is 0. The van der Waals surface area contributed by atoms with E-state index in [9.17, 15) is 13.2 Å². The third kappa shape index (κ3) is 3.12. The molecule has 7 heteroatoms. The van der Waals surface area contributed by atoms with Crippen LogP contribution in [0, 0.1) is 0 Å². The Kier molecular flexibility index (Phi) is 4.11. The van der Waals surface area contributed by atoms with Crippen molar-refractivity contribution in [3.63, 3.8) is 0 Å². The van der Waals surface area contributed by atoms with Crippen LogP contribution >= 0.6 is 22.9 Å². The summed E-state index contributed by atoms with van der Waals surface area (Å²) in [4.78, 5) is 14.7. The van der Waals surface area contributed by atoms with Crippen molar-refractivity contribution in [1.29, 1.82) is 0 Å². The molecule has 0 saturated carbocycles. The van der Waals surface area contributed by atoms with E-state index in [2.05, 4.69) is 0 Å². The summed E-state index contributed by atoms with van der Waals surface area (Å²) < 4.78 is 23.3. The Labute approximate surface area is 115 Å². The molecule has 1 aliphatic rings. The van der Waals surface area contributed by atoms with Gasteiger partial charge in [0.1, 0.15) is 0 Å². The van der Waals surface area contributed by atoms with Gasteiger partial charge in [0.25, 0.3) is 0 Å². The monoisotopic (exact) mass is 307 g/mol. The molecular weight excluding hydrogens is 294 g/mol. The van der Waals surface area contributed by atoms with Gasteiger partial charge in [-0.1, -0.05) is 11.6 Å². The molecule has 1 aromatic rings. The van der Waals surface area contributed by atoms with Gasteiger partial charge in [-0.2, -0.15) is 0 Å². The first-order chi connectivity index (χ1) is 8.39. The Hall–Kier alpha value is -0.430. The SMILES string of the molecule is CC(C(=O)c1ccc(Cl)s1)N1CCS(=O)(=O)CC1. The van der Waals surface area contributed by atoms with Gasteiger partial charge >= 0.3 is 0 Å². The number of hydrogen-bond donors (Lipinski definition) is 0. The topological polar surface area (TPSA) is 54.5 Å².